The summed E-state index contributed by atoms with van der Waals surface area (Å²) in [5.74, 6) is -0.0908. The second-order valence-corrected chi connectivity index (χ2v) is 6.44. The number of hydrogen-bond acceptors (Lipinski definition) is 2. The number of fused-ring (bicyclic) bond motifs is 1. The molecule has 1 aromatic carbocycles. The van der Waals surface area contributed by atoms with Gasteiger partial charge in [0.05, 0.1) is 30.7 Å². The second-order valence-electron chi connectivity index (χ2n) is 6.44. The lowest BCUT2D eigenvalue weighted by atomic mass is 9.86. The van der Waals surface area contributed by atoms with Crippen LogP contribution in [0.4, 0.5) is 4.39 Å². The summed E-state index contributed by atoms with van der Waals surface area (Å²) in [6.07, 6.45) is 2.56. The molecule has 0 aromatic heterocycles. The normalized spacial score (nSPS) is 32.9. The molecule has 0 bridgehead atoms. The zero-order chi connectivity index (χ0) is 15.0. The molecule has 1 unspecified atom stereocenters. The van der Waals surface area contributed by atoms with Gasteiger partial charge in [-0.05, 0) is 43.9 Å². The Bertz CT molecular complexity index is 547. The number of nitrogens with zero attached hydrogens (tertiary/aromatic N) is 1. The number of hydrogen-bond donors (Lipinski definition) is 0. The molecule has 21 heavy (non-hydrogen) atoms. The molecule has 0 radical (unpaired) electrons. The van der Waals surface area contributed by atoms with E-state index in [0.29, 0.717) is 13.2 Å². The lowest BCUT2D eigenvalue weighted by Crippen LogP contribution is -2.45. The van der Waals surface area contributed by atoms with Crippen LogP contribution in [0.25, 0.3) is 0 Å². The maximum Gasteiger partial charge on any atom is 0.231 e. The van der Waals surface area contributed by atoms with Gasteiger partial charge >= 0.3 is 0 Å². The minimum absolute atomic E-state index is 0.0224. The molecule has 2 heterocycles. The molecule has 3 nitrogen and oxygen atoms in total. The summed E-state index contributed by atoms with van der Waals surface area (Å²) in [7, 11) is 0. The van der Waals surface area contributed by atoms with Crippen LogP contribution in [0.5, 0.6) is 0 Å². The molecule has 1 aromatic rings. The molecule has 2 aliphatic rings. The first-order valence-corrected chi connectivity index (χ1v) is 7.71. The fourth-order valence-electron chi connectivity index (χ4n) is 3.44. The number of rotatable bonds is 2. The molecular weight excluding hydrogens is 269 g/mol. The summed E-state index contributed by atoms with van der Waals surface area (Å²) in [6.45, 7) is 5.06. The van der Waals surface area contributed by atoms with E-state index in [9.17, 15) is 9.18 Å². The van der Waals surface area contributed by atoms with Crippen LogP contribution in [0.1, 0.15) is 44.7 Å². The third kappa shape index (κ3) is 2.46. The van der Waals surface area contributed by atoms with Gasteiger partial charge in [-0.1, -0.05) is 19.1 Å². The third-order valence-corrected chi connectivity index (χ3v) is 5.00. The van der Waals surface area contributed by atoms with Crippen molar-refractivity contribution >= 4 is 5.91 Å². The van der Waals surface area contributed by atoms with Crippen molar-refractivity contribution in [2.24, 2.45) is 5.41 Å². The summed E-state index contributed by atoms with van der Waals surface area (Å²) < 4.78 is 19.3. The van der Waals surface area contributed by atoms with E-state index >= 15 is 0 Å². The van der Waals surface area contributed by atoms with Crippen LogP contribution in [-0.2, 0) is 9.53 Å². The van der Waals surface area contributed by atoms with Gasteiger partial charge < -0.3 is 9.64 Å². The third-order valence-electron chi connectivity index (χ3n) is 5.00. The first-order valence-electron chi connectivity index (χ1n) is 7.71. The summed E-state index contributed by atoms with van der Waals surface area (Å²) >= 11 is 0. The van der Waals surface area contributed by atoms with Crippen LogP contribution in [0, 0.1) is 11.2 Å². The lowest BCUT2D eigenvalue weighted by Gasteiger charge is -2.34. The molecule has 1 amide bonds. The van der Waals surface area contributed by atoms with Gasteiger partial charge in [0.15, 0.2) is 0 Å². The van der Waals surface area contributed by atoms with Crippen molar-refractivity contribution in [2.75, 3.05) is 13.2 Å². The first kappa shape index (κ1) is 14.5. The predicted molar refractivity (Wildman–Crippen MR) is 78.2 cm³/mol. The number of carbonyl (C=O) groups excluding carboxylic acids is 1. The molecule has 0 aliphatic carbocycles. The fraction of sp³-hybridized carbons (Fsp3) is 0.588. The number of amides is 1. The van der Waals surface area contributed by atoms with Gasteiger partial charge in [-0.15, -0.1) is 0 Å². The van der Waals surface area contributed by atoms with Gasteiger partial charge in [0.25, 0.3) is 0 Å². The SMILES string of the molecule is CCC1(C)COC[C@@H]2CC[C@H](c3cccc(F)c3)N2C1=O. The van der Waals surface area contributed by atoms with E-state index in [2.05, 4.69) is 0 Å². The van der Waals surface area contributed by atoms with E-state index < -0.39 is 5.41 Å². The molecular formula is C17H22FNO2. The van der Waals surface area contributed by atoms with E-state index in [-0.39, 0.29) is 23.8 Å². The standard InChI is InChI=1S/C17H22FNO2/c1-3-17(2)11-21-10-14-7-8-15(19(14)16(17)20)12-5-4-6-13(18)9-12/h4-6,9,14-15H,3,7-8,10-11H2,1-2H3/t14-,15+,17?/m0/s1. The van der Waals surface area contributed by atoms with Gasteiger partial charge in [0.1, 0.15) is 5.82 Å². The molecule has 114 valence electrons. The van der Waals surface area contributed by atoms with Gasteiger partial charge in [0.2, 0.25) is 5.91 Å². The highest BCUT2D eigenvalue weighted by Gasteiger charge is 2.47. The maximum absolute atomic E-state index is 13.5. The van der Waals surface area contributed by atoms with Crippen LogP contribution in [0.2, 0.25) is 0 Å². The maximum atomic E-state index is 13.5. The number of carbonyl (C=O) groups is 1. The Morgan fingerprint density at radius 2 is 2.24 bits per heavy atom. The fourth-order valence-corrected chi connectivity index (χ4v) is 3.44. The summed E-state index contributed by atoms with van der Waals surface area (Å²) in [5.41, 5.74) is 0.427. The first-order chi connectivity index (χ1) is 10.0. The van der Waals surface area contributed by atoms with Gasteiger partial charge in [-0.3, -0.25) is 4.79 Å². The van der Waals surface area contributed by atoms with Crippen molar-refractivity contribution in [3.8, 4) is 0 Å². The molecule has 4 heteroatoms. The van der Waals surface area contributed by atoms with Crippen molar-refractivity contribution < 1.29 is 13.9 Å². The van der Waals surface area contributed by atoms with Crippen LogP contribution in [0.15, 0.2) is 24.3 Å². The van der Waals surface area contributed by atoms with E-state index in [1.54, 1.807) is 12.1 Å². The quantitative estimate of drug-likeness (QED) is 0.836. The highest BCUT2D eigenvalue weighted by atomic mass is 19.1. The van der Waals surface area contributed by atoms with Gasteiger partial charge in [0, 0.05) is 0 Å². The van der Waals surface area contributed by atoms with Gasteiger partial charge in [-0.25, -0.2) is 4.39 Å². The molecule has 0 spiro atoms. The van der Waals surface area contributed by atoms with Crippen LogP contribution < -0.4 is 0 Å². The number of ether oxygens (including phenoxy) is 1. The van der Waals surface area contributed by atoms with Crippen molar-refractivity contribution in [1.82, 2.24) is 4.90 Å². The molecule has 3 atom stereocenters. The second kappa shape index (κ2) is 5.41. The Morgan fingerprint density at radius 3 is 2.95 bits per heavy atom. The topological polar surface area (TPSA) is 29.5 Å². The summed E-state index contributed by atoms with van der Waals surface area (Å²) in [4.78, 5) is 15.0. The average molecular weight is 291 g/mol. The molecule has 0 N–H and O–H groups in total. The highest BCUT2D eigenvalue weighted by molar-refractivity contribution is 5.83. The van der Waals surface area contributed by atoms with Crippen LogP contribution in [-0.4, -0.2) is 30.1 Å². The smallest absolute Gasteiger partial charge is 0.231 e. The Balaban J connectivity index is 1.96. The molecule has 3 rings (SSSR count). The molecule has 2 fully saturated rings. The predicted octanol–water partition coefficient (Wildman–Crippen LogP) is 3.30. The average Bonchev–Trinajstić information content (AvgIpc) is 2.85. The van der Waals surface area contributed by atoms with Gasteiger partial charge in [-0.2, -0.15) is 0 Å². The Hall–Kier alpha value is -1.42. The highest BCUT2D eigenvalue weighted by Crippen LogP contribution is 2.42. The number of halogens is 1. The molecule has 0 saturated carbocycles. The summed E-state index contributed by atoms with van der Waals surface area (Å²) in [5, 5.41) is 0. The van der Waals surface area contributed by atoms with Crippen LogP contribution >= 0.6 is 0 Å². The van der Waals surface area contributed by atoms with Crippen molar-refractivity contribution in [3.63, 3.8) is 0 Å². The van der Waals surface area contributed by atoms with E-state index in [4.69, 9.17) is 4.74 Å². The zero-order valence-electron chi connectivity index (χ0n) is 12.6. The van der Waals surface area contributed by atoms with E-state index in [0.717, 1.165) is 24.8 Å². The van der Waals surface area contributed by atoms with Crippen molar-refractivity contribution in [2.45, 2.75) is 45.2 Å². The molecule has 2 saturated heterocycles. The van der Waals surface area contributed by atoms with E-state index in [1.807, 2.05) is 24.8 Å². The minimum Gasteiger partial charge on any atom is -0.378 e. The molecule has 2 aliphatic heterocycles. The Morgan fingerprint density at radius 1 is 1.43 bits per heavy atom. The zero-order valence-corrected chi connectivity index (χ0v) is 12.6. The lowest BCUT2D eigenvalue weighted by molar-refractivity contribution is -0.143. The van der Waals surface area contributed by atoms with E-state index in [1.165, 1.54) is 6.07 Å². The van der Waals surface area contributed by atoms with Crippen molar-refractivity contribution in [1.29, 1.82) is 0 Å². The van der Waals surface area contributed by atoms with Crippen LogP contribution in [0.3, 0.4) is 0 Å². The summed E-state index contributed by atoms with van der Waals surface area (Å²) in [6, 6.07) is 6.73. The van der Waals surface area contributed by atoms with Crippen molar-refractivity contribution in [3.05, 3.63) is 35.6 Å². The Kier molecular flexibility index (Phi) is 3.74. The monoisotopic (exact) mass is 291 g/mol. The Labute approximate surface area is 125 Å². The minimum atomic E-state index is -0.468. The number of benzene rings is 1. The largest absolute Gasteiger partial charge is 0.378 e.